The van der Waals surface area contributed by atoms with Gasteiger partial charge in [0.15, 0.2) is 18.1 Å². The van der Waals surface area contributed by atoms with Crippen molar-refractivity contribution < 1.29 is 23.8 Å². The van der Waals surface area contributed by atoms with Gasteiger partial charge in [-0.05, 0) is 55.3 Å². The van der Waals surface area contributed by atoms with Gasteiger partial charge < -0.3 is 19.5 Å². The molecule has 0 bridgehead atoms. The van der Waals surface area contributed by atoms with Crippen molar-refractivity contribution in [3.05, 3.63) is 58.1 Å². The first-order valence-electron chi connectivity index (χ1n) is 9.04. The highest BCUT2D eigenvalue weighted by atomic mass is 35.5. The minimum Gasteiger partial charge on any atom is -0.490 e. The summed E-state index contributed by atoms with van der Waals surface area (Å²) in [6, 6.07) is 11.9. The van der Waals surface area contributed by atoms with Crippen molar-refractivity contribution in [1.82, 2.24) is 0 Å². The number of anilines is 1. The molecule has 0 saturated carbocycles. The lowest BCUT2D eigenvalue weighted by molar-refractivity contribution is -0.142. The second kappa shape index (κ2) is 10.9. The molecule has 7 nitrogen and oxygen atoms in total. The lowest BCUT2D eigenvalue weighted by Crippen LogP contribution is -2.14. The van der Waals surface area contributed by atoms with Gasteiger partial charge in [0.1, 0.15) is 11.6 Å². The molecule has 0 aliphatic rings. The van der Waals surface area contributed by atoms with Crippen LogP contribution in [0.15, 0.2) is 42.0 Å². The van der Waals surface area contributed by atoms with Gasteiger partial charge in [0.05, 0.1) is 13.7 Å². The van der Waals surface area contributed by atoms with Crippen LogP contribution in [0.25, 0.3) is 6.08 Å². The average Bonchev–Trinajstić information content (AvgIpc) is 2.74. The summed E-state index contributed by atoms with van der Waals surface area (Å²) in [5, 5.41) is 12.7. The number of methoxy groups -OCH3 is 1. The number of esters is 1. The van der Waals surface area contributed by atoms with Crippen LogP contribution in [0.3, 0.4) is 0 Å². The number of carbonyl (C=O) groups excluding carboxylic acids is 2. The molecule has 0 aliphatic heterocycles. The number of nitrogens with one attached hydrogen (secondary N) is 1. The van der Waals surface area contributed by atoms with E-state index in [1.807, 2.05) is 6.07 Å². The van der Waals surface area contributed by atoms with Crippen LogP contribution in [0, 0.1) is 18.3 Å². The minimum absolute atomic E-state index is 0.0972. The maximum Gasteiger partial charge on any atom is 0.343 e. The van der Waals surface area contributed by atoms with Crippen molar-refractivity contribution in [2.45, 2.75) is 13.8 Å². The molecule has 0 fully saturated rings. The molecule has 1 N–H and O–H groups in total. The van der Waals surface area contributed by atoms with Crippen LogP contribution in [-0.4, -0.2) is 32.2 Å². The van der Waals surface area contributed by atoms with E-state index >= 15 is 0 Å². The van der Waals surface area contributed by atoms with Gasteiger partial charge in [-0.3, -0.25) is 4.79 Å². The zero-order valence-corrected chi connectivity index (χ0v) is 17.6. The Morgan fingerprint density at radius 3 is 2.63 bits per heavy atom. The first-order chi connectivity index (χ1) is 14.4. The second-order valence-electron chi connectivity index (χ2n) is 6.04. The number of benzene rings is 2. The van der Waals surface area contributed by atoms with Gasteiger partial charge in [-0.25, -0.2) is 4.79 Å². The topological polar surface area (TPSA) is 97.6 Å². The van der Waals surface area contributed by atoms with E-state index in [1.165, 1.54) is 13.2 Å². The molecule has 30 heavy (non-hydrogen) atoms. The molecule has 0 radical (unpaired) electrons. The highest BCUT2D eigenvalue weighted by Crippen LogP contribution is 2.30. The van der Waals surface area contributed by atoms with E-state index in [2.05, 4.69) is 10.1 Å². The highest BCUT2D eigenvalue weighted by Gasteiger charge is 2.14. The number of nitrogens with zero attached hydrogens (tertiary/aromatic N) is 1. The Balaban J connectivity index is 2.26. The number of rotatable bonds is 8. The second-order valence-corrected chi connectivity index (χ2v) is 6.45. The van der Waals surface area contributed by atoms with Crippen LogP contribution in [0.1, 0.15) is 18.1 Å². The number of hydrogen-bond donors (Lipinski definition) is 1. The molecule has 2 aromatic rings. The highest BCUT2D eigenvalue weighted by molar-refractivity contribution is 6.31. The van der Waals surface area contributed by atoms with E-state index in [4.69, 9.17) is 21.1 Å². The predicted octanol–water partition coefficient (Wildman–Crippen LogP) is 4.14. The van der Waals surface area contributed by atoms with E-state index in [1.54, 1.807) is 50.2 Å². The first-order valence-corrected chi connectivity index (χ1v) is 9.42. The van der Waals surface area contributed by atoms with Crippen molar-refractivity contribution in [3.8, 4) is 17.6 Å². The normalized spacial score (nSPS) is 10.7. The SMILES string of the molecule is CCOc1cc(/C=C(\C#N)C(=O)Nc2cccc(Cl)c2C)ccc1OCC(=O)OC. The van der Waals surface area contributed by atoms with Gasteiger partial charge in [0.2, 0.25) is 0 Å². The summed E-state index contributed by atoms with van der Waals surface area (Å²) in [5.74, 6) is -0.372. The van der Waals surface area contributed by atoms with Gasteiger partial charge in [-0.15, -0.1) is 0 Å². The third kappa shape index (κ3) is 6.00. The van der Waals surface area contributed by atoms with Crippen molar-refractivity contribution in [2.24, 2.45) is 0 Å². The fourth-order valence-corrected chi connectivity index (χ4v) is 2.62. The maximum atomic E-state index is 12.5. The fourth-order valence-electron chi connectivity index (χ4n) is 2.45. The molecule has 2 rings (SSSR count). The standard InChI is InChI=1S/C22H21ClN2O5/c1-4-29-20-11-15(8-9-19(20)30-13-21(26)28-3)10-16(12-24)22(27)25-18-7-5-6-17(23)14(18)2/h5-11H,4,13H2,1-3H3,(H,25,27)/b16-10+. The third-order valence-electron chi connectivity index (χ3n) is 4.03. The largest absolute Gasteiger partial charge is 0.490 e. The summed E-state index contributed by atoms with van der Waals surface area (Å²) in [7, 11) is 1.27. The van der Waals surface area contributed by atoms with Gasteiger partial charge in [-0.2, -0.15) is 5.26 Å². The van der Waals surface area contributed by atoms with Crippen LogP contribution in [0.5, 0.6) is 11.5 Å². The predicted molar refractivity (Wildman–Crippen MR) is 114 cm³/mol. The van der Waals surface area contributed by atoms with Crippen molar-refractivity contribution in [3.63, 3.8) is 0 Å². The number of nitriles is 1. The fraction of sp³-hybridized carbons (Fsp3) is 0.227. The van der Waals surface area contributed by atoms with Gasteiger partial charge >= 0.3 is 5.97 Å². The van der Waals surface area contributed by atoms with Crippen molar-refractivity contribution >= 4 is 35.2 Å². The van der Waals surface area contributed by atoms with Crippen LogP contribution in [0.4, 0.5) is 5.69 Å². The van der Waals surface area contributed by atoms with E-state index in [-0.39, 0.29) is 12.2 Å². The molecule has 0 aliphatic carbocycles. The van der Waals surface area contributed by atoms with Gasteiger partial charge in [0, 0.05) is 10.7 Å². The summed E-state index contributed by atoms with van der Waals surface area (Å²) >= 11 is 6.07. The van der Waals surface area contributed by atoms with E-state index in [0.717, 1.165) is 0 Å². The summed E-state index contributed by atoms with van der Waals surface area (Å²) in [5.41, 5.74) is 1.68. The molecular weight excluding hydrogens is 408 g/mol. The van der Waals surface area contributed by atoms with Gasteiger partial charge in [0.25, 0.3) is 5.91 Å². The zero-order valence-electron chi connectivity index (χ0n) is 16.8. The molecule has 156 valence electrons. The molecular formula is C22H21ClN2O5. The van der Waals surface area contributed by atoms with E-state index < -0.39 is 11.9 Å². The lowest BCUT2D eigenvalue weighted by Gasteiger charge is -2.12. The number of carbonyl (C=O) groups is 2. The Kier molecular flexibility index (Phi) is 8.27. The Hall–Kier alpha value is -3.50. The molecule has 0 atom stereocenters. The maximum absolute atomic E-state index is 12.5. The number of ether oxygens (including phenoxy) is 3. The Morgan fingerprint density at radius 1 is 1.20 bits per heavy atom. The molecule has 2 aromatic carbocycles. The Labute approximate surface area is 179 Å². The molecule has 0 saturated heterocycles. The van der Waals surface area contributed by atoms with Crippen LogP contribution >= 0.6 is 11.6 Å². The summed E-state index contributed by atoms with van der Waals surface area (Å²) in [4.78, 5) is 23.8. The Bertz CT molecular complexity index is 1010. The third-order valence-corrected chi connectivity index (χ3v) is 4.44. The van der Waals surface area contributed by atoms with Crippen LogP contribution in [-0.2, 0) is 14.3 Å². The van der Waals surface area contributed by atoms with E-state index in [9.17, 15) is 14.9 Å². The number of amides is 1. The molecule has 0 spiro atoms. The smallest absolute Gasteiger partial charge is 0.343 e. The number of hydrogen-bond acceptors (Lipinski definition) is 6. The molecule has 1 amide bonds. The van der Waals surface area contributed by atoms with Crippen molar-refractivity contribution in [1.29, 1.82) is 5.26 Å². The van der Waals surface area contributed by atoms with E-state index in [0.29, 0.717) is 39.9 Å². The average molecular weight is 429 g/mol. The monoisotopic (exact) mass is 428 g/mol. The lowest BCUT2D eigenvalue weighted by atomic mass is 10.1. The quantitative estimate of drug-likeness (QED) is 0.385. The summed E-state index contributed by atoms with van der Waals surface area (Å²) < 4.78 is 15.5. The minimum atomic E-state index is -0.563. The molecule has 0 unspecified atom stereocenters. The van der Waals surface area contributed by atoms with Crippen LogP contribution < -0.4 is 14.8 Å². The molecule has 0 aromatic heterocycles. The summed E-state index contributed by atoms with van der Waals surface area (Å²) in [6.45, 7) is 3.67. The molecule has 0 heterocycles. The van der Waals surface area contributed by atoms with Crippen molar-refractivity contribution in [2.75, 3.05) is 25.6 Å². The van der Waals surface area contributed by atoms with Crippen LogP contribution in [0.2, 0.25) is 5.02 Å². The molecule has 8 heteroatoms. The zero-order chi connectivity index (χ0) is 22.1. The number of halogens is 1. The Morgan fingerprint density at radius 2 is 1.97 bits per heavy atom. The first kappa shape index (κ1) is 22.8. The van der Waals surface area contributed by atoms with Gasteiger partial charge in [-0.1, -0.05) is 23.7 Å². The summed E-state index contributed by atoms with van der Waals surface area (Å²) in [6.07, 6.45) is 1.43.